The average Bonchev–Trinajstić information content (AvgIpc) is 1.81. The second kappa shape index (κ2) is 7.44. The standard InChI is InChI=1S/C6H12S2/c1-2-8-6-4-3-5-7/h3-4,7H,2,5-6H2,1H3. The molecule has 0 radical (unpaired) electrons. The summed E-state index contributed by atoms with van der Waals surface area (Å²) >= 11 is 5.95. The van der Waals surface area contributed by atoms with E-state index in [9.17, 15) is 0 Å². The van der Waals surface area contributed by atoms with Crippen molar-refractivity contribution >= 4 is 24.4 Å². The van der Waals surface area contributed by atoms with Gasteiger partial charge in [-0.2, -0.15) is 24.4 Å². The van der Waals surface area contributed by atoms with Gasteiger partial charge in [-0.05, 0) is 5.75 Å². The molecule has 0 aromatic carbocycles. The maximum Gasteiger partial charge on any atom is 0.0113 e. The number of hydrogen-bond acceptors (Lipinski definition) is 2. The Hall–Kier alpha value is 0.440. The van der Waals surface area contributed by atoms with E-state index in [2.05, 4.69) is 31.7 Å². The van der Waals surface area contributed by atoms with Crippen molar-refractivity contribution in [2.24, 2.45) is 0 Å². The van der Waals surface area contributed by atoms with Gasteiger partial charge in [0.05, 0.1) is 0 Å². The fraction of sp³-hybridized carbons (Fsp3) is 0.667. The van der Waals surface area contributed by atoms with Crippen LogP contribution in [0.25, 0.3) is 0 Å². The van der Waals surface area contributed by atoms with Crippen molar-refractivity contribution in [2.45, 2.75) is 6.92 Å². The minimum absolute atomic E-state index is 0.865. The van der Waals surface area contributed by atoms with Crippen LogP contribution in [0, 0.1) is 0 Å². The van der Waals surface area contributed by atoms with E-state index in [-0.39, 0.29) is 0 Å². The van der Waals surface area contributed by atoms with Gasteiger partial charge in [0.15, 0.2) is 0 Å². The van der Waals surface area contributed by atoms with Crippen LogP contribution in [-0.2, 0) is 0 Å². The fourth-order valence-electron chi connectivity index (χ4n) is 0.328. The predicted molar refractivity (Wildman–Crippen MR) is 46.0 cm³/mol. The minimum atomic E-state index is 0.865. The molecular weight excluding hydrogens is 136 g/mol. The van der Waals surface area contributed by atoms with Gasteiger partial charge in [-0.1, -0.05) is 19.1 Å². The largest absolute Gasteiger partial charge is 0.175 e. The molecular formula is C6H12S2. The number of rotatable bonds is 4. The molecule has 0 rings (SSSR count). The lowest BCUT2D eigenvalue weighted by Crippen LogP contribution is -1.71. The summed E-state index contributed by atoms with van der Waals surface area (Å²) in [6, 6.07) is 0. The van der Waals surface area contributed by atoms with Crippen molar-refractivity contribution in [1.29, 1.82) is 0 Å². The van der Waals surface area contributed by atoms with Gasteiger partial charge < -0.3 is 0 Å². The van der Waals surface area contributed by atoms with Gasteiger partial charge in [-0.3, -0.25) is 0 Å². The van der Waals surface area contributed by atoms with Gasteiger partial charge in [-0.25, -0.2) is 0 Å². The fourth-order valence-corrected chi connectivity index (χ4v) is 0.985. The van der Waals surface area contributed by atoms with E-state index in [0.717, 1.165) is 11.5 Å². The van der Waals surface area contributed by atoms with Crippen LogP contribution < -0.4 is 0 Å². The van der Waals surface area contributed by atoms with Crippen molar-refractivity contribution in [2.75, 3.05) is 17.3 Å². The van der Waals surface area contributed by atoms with Gasteiger partial charge in [0.2, 0.25) is 0 Å². The molecule has 0 N–H and O–H groups in total. The van der Waals surface area contributed by atoms with Crippen LogP contribution in [0.1, 0.15) is 6.92 Å². The third kappa shape index (κ3) is 6.44. The van der Waals surface area contributed by atoms with E-state index >= 15 is 0 Å². The van der Waals surface area contributed by atoms with Crippen LogP contribution in [0.3, 0.4) is 0 Å². The molecule has 0 saturated heterocycles. The van der Waals surface area contributed by atoms with E-state index in [0.29, 0.717) is 0 Å². The van der Waals surface area contributed by atoms with Crippen molar-refractivity contribution in [3.05, 3.63) is 12.2 Å². The molecule has 0 aromatic rings. The van der Waals surface area contributed by atoms with Crippen molar-refractivity contribution in [3.63, 3.8) is 0 Å². The maximum absolute atomic E-state index is 4.03. The van der Waals surface area contributed by atoms with Gasteiger partial charge in [0.25, 0.3) is 0 Å². The molecule has 0 aromatic heterocycles. The van der Waals surface area contributed by atoms with Gasteiger partial charge in [-0.15, -0.1) is 0 Å². The summed E-state index contributed by atoms with van der Waals surface area (Å²) < 4.78 is 0. The smallest absolute Gasteiger partial charge is 0.0113 e. The molecule has 0 heterocycles. The lowest BCUT2D eigenvalue weighted by molar-refractivity contribution is 1.51. The number of thiol groups is 1. The zero-order chi connectivity index (χ0) is 6.24. The lowest BCUT2D eigenvalue weighted by atomic mass is 10.6. The molecule has 0 spiro atoms. The highest BCUT2D eigenvalue weighted by molar-refractivity contribution is 7.99. The Morgan fingerprint density at radius 3 is 2.75 bits per heavy atom. The SMILES string of the molecule is CCSCC=CCS. The highest BCUT2D eigenvalue weighted by Gasteiger charge is 1.74. The Bertz CT molecular complexity index is 59.5. The first-order chi connectivity index (χ1) is 3.91. The monoisotopic (exact) mass is 148 g/mol. The van der Waals surface area contributed by atoms with Crippen molar-refractivity contribution < 1.29 is 0 Å². The van der Waals surface area contributed by atoms with Crippen LogP contribution in [0.4, 0.5) is 0 Å². The Kier molecular flexibility index (Phi) is 7.85. The summed E-state index contributed by atoms with van der Waals surface area (Å²) in [5, 5.41) is 0. The zero-order valence-corrected chi connectivity index (χ0v) is 6.84. The molecule has 0 aliphatic rings. The summed E-state index contributed by atoms with van der Waals surface area (Å²) in [4.78, 5) is 0. The molecule has 0 saturated carbocycles. The Morgan fingerprint density at radius 1 is 1.50 bits per heavy atom. The molecule has 0 unspecified atom stereocenters. The molecule has 0 fully saturated rings. The van der Waals surface area contributed by atoms with Crippen LogP contribution in [0.2, 0.25) is 0 Å². The molecule has 0 nitrogen and oxygen atoms in total. The molecule has 48 valence electrons. The third-order valence-corrected chi connectivity index (χ3v) is 1.74. The summed E-state index contributed by atoms with van der Waals surface area (Å²) in [6.07, 6.45) is 4.23. The summed E-state index contributed by atoms with van der Waals surface area (Å²) in [7, 11) is 0. The van der Waals surface area contributed by atoms with Crippen LogP contribution >= 0.6 is 24.4 Å². The molecule has 0 amide bonds. The van der Waals surface area contributed by atoms with Crippen LogP contribution in [0.15, 0.2) is 12.2 Å². The van der Waals surface area contributed by atoms with Crippen LogP contribution in [-0.4, -0.2) is 17.3 Å². The molecule has 0 aliphatic carbocycles. The Morgan fingerprint density at radius 2 is 2.25 bits per heavy atom. The summed E-state index contributed by atoms with van der Waals surface area (Å²) in [6.45, 7) is 2.17. The maximum atomic E-state index is 4.03. The number of hydrogen-bond donors (Lipinski definition) is 1. The Labute approximate surface area is 61.2 Å². The average molecular weight is 148 g/mol. The Balaban J connectivity index is 2.80. The molecule has 8 heavy (non-hydrogen) atoms. The van der Waals surface area contributed by atoms with Crippen LogP contribution in [0.5, 0.6) is 0 Å². The summed E-state index contributed by atoms with van der Waals surface area (Å²) in [5.41, 5.74) is 0. The topological polar surface area (TPSA) is 0 Å². The second-order valence-electron chi connectivity index (χ2n) is 1.31. The highest BCUT2D eigenvalue weighted by atomic mass is 32.2. The highest BCUT2D eigenvalue weighted by Crippen LogP contribution is 1.97. The van der Waals surface area contributed by atoms with E-state index in [4.69, 9.17) is 0 Å². The third-order valence-electron chi connectivity index (χ3n) is 0.690. The van der Waals surface area contributed by atoms with Gasteiger partial charge in [0.1, 0.15) is 0 Å². The molecule has 0 atom stereocenters. The second-order valence-corrected chi connectivity index (χ2v) is 3.00. The molecule has 0 bridgehead atoms. The van der Waals surface area contributed by atoms with E-state index < -0.39 is 0 Å². The lowest BCUT2D eigenvalue weighted by Gasteiger charge is -1.86. The quantitative estimate of drug-likeness (QED) is 0.362. The first kappa shape index (κ1) is 8.44. The predicted octanol–water partition coefficient (Wildman–Crippen LogP) is 2.23. The molecule has 0 aliphatic heterocycles. The molecule has 2 heteroatoms. The van der Waals surface area contributed by atoms with E-state index in [1.54, 1.807) is 0 Å². The summed E-state index contributed by atoms with van der Waals surface area (Å²) in [5.74, 6) is 3.21. The van der Waals surface area contributed by atoms with E-state index in [1.807, 2.05) is 11.8 Å². The normalized spacial score (nSPS) is 10.8. The van der Waals surface area contributed by atoms with Gasteiger partial charge >= 0.3 is 0 Å². The minimum Gasteiger partial charge on any atom is -0.175 e. The first-order valence-corrected chi connectivity index (χ1v) is 4.54. The first-order valence-electron chi connectivity index (χ1n) is 2.75. The van der Waals surface area contributed by atoms with E-state index in [1.165, 1.54) is 5.75 Å². The zero-order valence-electron chi connectivity index (χ0n) is 5.13. The van der Waals surface area contributed by atoms with Crippen molar-refractivity contribution in [3.8, 4) is 0 Å². The van der Waals surface area contributed by atoms with Crippen molar-refractivity contribution in [1.82, 2.24) is 0 Å². The number of thioether (sulfide) groups is 1. The van der Waals surface area contributed by atoms with Gasteiger partial charge in [0, 0.05) is 11.5 Å².